The fourth-order valence-electron chi connectivity index (χ4n) is 6.51. The van der Waals surface area contributed by atoms with E-state index in [2.05, 4.69) is 4.90 Å². The van der Waals surface area contributed by atoms with Crippen molar-refractivity contribution in [2.75, 3.05) is 24.8 Å². The number of anilines is 1. The number of amides is 1. The van der Waals surface area contributed by atoms with Gasteiger partial charge in [0.05, 0.1) is 18.9 Å². The molecule has 2 fully saturated rings. The van der Waals surface area contributed by atoms with Crippen LogP contribution in [0.15, 0.2) is 24.3 Å². The molecule has 1 aromatic heterocycles. The van der Waals surface area contributed by atoms with Crippen molar-refractivity contribution >= 4 is 28.5 Å². The molecular weight excluding hydrogens is 428 g/mol. The highest BCUT2D eigenvalue weighted by atomic mass is 19.1. The van der Waals surface area contributed by atoms with Crippen LogP contribution >= 0.6 is 0 Å². The van der Waals surface area contributed by atoms with Crippen LogP contribution in [0, 0.1) is 11.8 Å². The van der Waals surface area contributed by atoms with E-state index in [4.69, 9.17) is 10.5 Å². The Bertz CT molecular complexity index is 1060. The number of carbonyl (C=O) groups is 2. The lowest BCUT2D eigenvalue weighted by atomic mass is 9.76. The highest BCUT2D eigenvalue weighted by Gasteiger charge is 2.46. The van der Waals surface area contributed by atoms with Crippen LogP contribution < -0.4 is 10.6 Å². The molecule has 2 aromatic rings. The molecular formula is C25H31F2N3O3. The molecule has 6 nitrogen and oxygen atoms in total. The molecule has 0 spiro atoms. The number of primary amides is 1. The predicted molar refractivity (Wildman–Crippen MR) is 122 cm³/mol. The number of hydrogen-bond acceptors (Lipinski definition) is 4. The Morgan fingerprint density at radius 1 is 1.09 bits per heavy atom. The van der Waals surface area contributed by atoms with Gasteiger partial charge < -0.3 is 15.4 Å². The third kappa shape index (κ3) is 3.58. The summed E-state index contributed by atoms with van der Waals surface area (Å²) in [5.74, 6) is -0.0754. The quantitative estimate of drug-likeness (QED) is 0.621. The lowest BCUT2D eigenvalue weighted by Crippen LogP contribution is -2.46. The van der Waals surface area contributed by atoms with Crippen molar-refractivity contribution in [2.45, 2.75) is 63.1 Å². The Morgan fingerprint density at radius 2 is 1.82 bits per heavy atom. The molecule has 2 aliphatic heterocycles. The number of alkyl halides is 2. The molecule has 2 atom stereocenters. The van der Waals surface area contributed by atoms with Crippen LogP contribution in [-0.4, -0.2) is 42.4 Å². The number of aromatic nitrogens is 1. The highest BCUT2D eigenvalue weighted by molar-refractivity contribution is 5.99. The summed E-state index contributed by atoms with van der Waals surface area (Å²) >= 11 is 0. The second-order valence-corrected chi connectivity index (χ2v) is 9.71. The Labute approximate surface area is 192 Å². The fourth-order valence-corrected chi connectivity index (χ4v) is 6.51. The molecule has 0 radical (unpaired) electrons. The van der Waals surface area contributed by atoms with Gasteiger partial charge in [0, 0.05) is 30.5 Å². The molecule has 2 N–H and O–H groups in total. The van der Waals surface area contributed by atoms with Crippen molar-refractivity contribution in [1.29, 1.82) is 0 Å². The topological polar surface area (TPSA) is 77.6 Å². The van der Waals surface area contributed by atoms with Crippen LogP contribution in [0.5, 0.6) is 0 Å². The summed E-state index contributed by atoms with van der Waals surface area (Å²) in [6.45, 7) is -0.689. The molecule has 0 unspecified atom stereocenters. The SMILES string of the molecule is NC(=O)[C@@H]1[C@H](C2CCCCC2)CCN1c1ccc2c(c1)cc1n2C(CCF)(CCF)OC1=O. The van der Waals surface area contributed by atoms with Crippen LogP contribution in [-0.2, 0) is 15.3 Å². The van der Waals surface area contributed by atoms with Gasteiger partial charge in [0.2, 0.25) is 5.91 Å². The monoisotopic (exact) mass is 459 g/mol. The van der Waals surface area contributed by atoms with Gasteiger partial charge in [-0.2, -0.15) is 0 Å². The van der Waals surface area contributed by atoms with Crippen molar-refractivity contribution in [3.63, 3.8) is 0 Å². The van der Waals surface area contributed by atoms with Gasteiger partial charge in [0.15, 0.2) is 5.72 Å². The lowest BCUT2D eigenvalue weighted by Gasteiger charge is -2.33. The summed E-state index contributed by atoms with van der Waals surface area (Å²) < 4.78 is 33.8. The molecule has 1 amide bonds. The molecule has 1 saturated heterocycles. The summed E-state index contributed by atoms with van der Waals surface area (Å²) in [7, 11) is 0. The molecule has 1 aliphatic carbocycles. The van der Waals surface area contributed by atoms with E-state index < -0.39 is 25.0 Å². The number of carbonyl (C=O) groups excluding carboxylic acids is 2. The van der Waals surface area contributed by atoms with E-state index in [-0.39, 0.29) is 30.7 Å². The van der Waals surface area contributed by atoms with Gasteiger partial charge in [-0.1, -0.05) is 32.1 Å². The van der Waals surface area contributed by atoms with E-state index in [1.165, 1.54) is 19.3 Å². The van der Waals surface area contributed by atoms with E-state index >= 15 is 0 Å². The van der Waals surface area contributed by atoms with Crippen molar-refractivity contribution in [3.05, 3.63) is 30.0 Å². The van der Waals surface area contributed by atoms with E-state index in [1.54, 1.807) is 10.6 Å². The normalized spacial score (nSPS) is 24.9. The first kappa shape index (κ1) is 22.2. The van der Waals surface area contributed by atoms with Gasteiger partial charge in [0.25, 0.3) is 0 Å². The van der Waals surface area contributed by atoms with Gasteiger partial charge in [-0.05, 0) is 42.5 Å². The zero-order chi connectivity index (χ0) is 23.2. The Morgan fingerprint density at radius 3 is 2.48 bits per heavy atom. The van der Waals surface area contributed by atoms with Crippen LogP contribution in [0.4, 0.5) is 14.5 Å². The first-order chi connectivity index (χ1) is 16.0. The zero-order valence-electron chi connectivity index (χ0n) is 18.8. The van der Waals surface area contributed by atoms with E-state index in [1.807, 2.05) is 18.2 Å². The minimum Gasteiger partial charge on any atom is -0.434 e. The molecule has 3 aliphatic rings. The predicted octanol–water partition coefficient (Wildman–Crippen LogP) is 4.44. The van der Waals surface area contributed by atoms with Gasteiger partial charge in [-0.15, -0.1) is 0 Å². The molecule has 33 heavy (non-hydrogen) atoms. The standard InChI is InChI=1S/C25H31F2N3O3/c26-11-9-25(10-12-27)30-20-7-6-18(14-17(20)15-21(30)24(32)33-25)29-13-8-19(22(29)23(28)31)16-4-2-1-3-5-16/h6-7,14-16,19,22H,1-5,8-13H2,(H2,28,31)/t19-,22-/m0/s1. The molecule has 178 valence electrons. The summed E-state index contributed by atoms with van der Waals surface area (Å²) in [6.07, 6.45) is 6.74. The number of nitrogens with two attached hydrogens (primary N) is 1. The van der Waals surface area contributed by atoms with Gasteiger partial charge in [0.1, 0.15) is 11.7 Å². The number of benzene rings is 1. The maximum absolute atomic E-state index is 13.3. The molecule has 5 rings (SSSR count). The van der Waals surface area contributed by atoms with Crippen LogP contribution in [0.3, 0.4) is 0 Å². The number of hydrogen-bond donors (Lipinski definition) is 1. The Balaban J connectivity index is 1.51. The van der Waals surface area contributed by atoms with Crippen LogP contribution in [0.1, 0.15) is 61.9 Å². The Kier molecular flexibility index (Phi) is 5.79. The van der Waals surface area contributed by atoms with E-state index in [9.17, 15) is 18.4 Å². The molecule has 1 saturated carbocycles. The average molecular weight is 460 g/mol. The smallest absolute Gasteiger partial charge is 0.357 e. The number of halogens is 2. The summed E-state index contributed by atoms with van der Waals surface area (Å²) in [4.78, 5) is 27.2. The highest BCUT2D eigenvalue weighted by Crippen LogP contribution is 2.44. The number of nitrogens with zero attached hydrogens (tertiary/aromatic N) is 2. The molecule has 3 heterocycles. The third-order valence-corrected chi connectivity index (χ3v) is 7.98. The van der Waals surface area contributed by atoms with Gasteiger partial charge in [-0.25, -0.2) is 4.79 Å². The maximum atomic E-state index is 13.3. The molecule has 8 heteroatoms. The lowest BCUT2D eigenvalue weighted by molar-refractivity contribution is -0.120. The fraction of sp³-hybridized carbons (Fsp3) is 0.600. The van der Waals surface area contributed by atoms with Crippen molar-refractivity contribution in [1.82, 2.24) is 4.57 Å². The largest absolute Gasteiger partial charge is 0.434 e. The van der Waals surface area contributed by atoms with Gasteiger partial charge in [-0.3, -0.25) is 18.1 Å². The average Bonchev–Trinajstić information content (AvgIpc) is 3.48. The molecule has 0 bridgehead atoms. The number of rotatable bonds is 7. The van der Waals surface area contributed by atoms with Crippen molar-refractivity contribution in [3.8, 4) is 0 Å². The third-order valence-electron chi connectivity index (χ3n) is 7.98. The minimum absolute atomic E-state index is 0.0971. The summed E-state index contributed by atoms with van der Waals surface area (Å²) in [5.41, 5.74) is 6.43. The number of esters is 1. The van der Waals surface area contributed by atoms with Gasteiger partial charge >= 0.3 is 5.97 Å². The molecule has 1 aromatic carbocycles. The van der Waals surface area contributed by atoms with Crippen LogP contribution in [0.25, 0.3) is 10.9 Å². The minimum atomic E-state index is -1.34. The first-order valence-electron chi connectivity index (χ1n) is 12.1. The summed E-state index contributed by atoms with van der Waals surface area (Å²) in [6, 6.07) is 7.08. The van der Waals surface area contributed by atoms with Crippen molar-refractivity contribution < 1.29 is 23.1 Å². The number of ether oxygens (including phenoxy) is 1. The number of fused-ring (bicyclic) bond motifs is 3. The van der Waals surface area contributed by atoms with E-state index in [0.717, 1.165) is 36.9 Å². The maximum Gasteiger partial charge on any atom is 0.357 e. The van der Waals surface area contributed by atoms with E-state index in [0.29, 0.717) is 17.1 Å². The second-order valence-electron chi connectivity index (χ2n) is 9.71. The zero-order valence-corrected chi connectivity index (χ0v) is 18.8. The Hall–Kier alpha value is -2.64. The van der Waals surface area contributed by atoms with Crippen molar-refractivity contribution in [2.24, 2.45) is 17.6 Å². The first-order valence-corrected chi connectivity index (χ1v) is 12.1. The summed E-state index contributed by atoms with van der Waals surface area (Å²) in [5, 5.41) is 0.783. The number of cyclic esters (lactones) is 1. The van der Waals surface area contributed by atoms with Crippen LogP contribution in [0.2, 0.25) is 0 Å². The second kappa shape index (κ2) is 8.61.